The highest BCUT2D eigenvalue weighted by Crippen LogP contribution is 2.18. The zero-order valence-corrected chi connectivity index (χ0v) is 21.5. The van der Waals surface area contributed by atoms with Crippen molar-refractivity contribution in [3.63, 3.8) is 0 Å². The first-order chi connectivity index (χ1) is 13.8. The molecule has 1 heterocycles. The van der Waals surface area contributed by atoms with Gasteiger partial charge in [0.05, 0.1) is 11.4 Å². The van der Waals surface area contributed by atoms with Crippen LogP contribution < -0.4 is 10.6 Å². The second-order valence-electron chi connectivity index (χ2n) is 7.54. The molecule has 1 aliphatic heterocycles. The lowest BCUT2D eigenvalue weighted by Gasteiger charge is -2.27. The summed E-state index contributed by atoms with van der Waals surface area (Å²) in [6, 6.07) is 5.60. The minimum Gasteiger partial charge on any atom is -0.357 e. The minimum absolute atomic E-state index is 0. The Hall–Kier alpha value is -1.36. The zero-order chi connectivity index (χ0) is 21.4. The molecule has 1 fully saturated rings. The van der Waals surface area contributed by atoms with Gasteiger partial charge in [-0.3, -0.25) is 4.79 Å². The Bertz CT molecular complexity index is 843. The largest absolute Gasteiger partial charge is 0.357 e. The number of hydrogen-bond acceptors (Lipinski definition) is 4. The normalized spacial score (nSPS) is 15.7. The number of aliphatic imine (C=N–C) groups is 1. The zero-order valence-electron chi connectivity index (χ0n) is 18.4. The maximum Gasteiger partial charge on any atom is 0.222 e. The van der Waals surface area contributed by atoms with Gasteiger partial charge in [-0.1, -0.05) is 19.1 Å². The average Bonchev–Trinajstić information content (AvgIpc) is 3.08. The van der Waals surface area contributed by atoms with Crippen LogP contribution >= 0.6 is 24.0 Å². The van der Waals surface area contributed by atoms with Crippen molar-refractivity contribution in [2.45, 2.75) is 63.9 Å². The number of sulfone groups is 1. The van der Waals surface area contributed by atoms with E-state index >= 15 is 0 Å². The highest BCUT2D eigenvalue weighted by Gasteiger charge is 2.26. The number of rotatable bonds is 9. The van der Waals surface area contributed by atoms with Crippen molar-refractivity contribution >= 4 is 45.7 Å². The lowest BCUT2D eigenvalue weighted by atomic mass is 10.1. The summed E-state index contributed by atoms with van der Waals surface area (Å²) in [5.41, 5.74) is 1.69. The van der Waals surface area contributed by atoms with Gasteiger partial charge in [-0.25, -0.2) is 13.4 Å². The fourth-order valence-electron chi connectivity index (χ4n) is 3.73. The van der Waals surface area contributed by atoms with Gasteiger partial charge in [0.15, 0.2) is 15.8 Å². The van der Waals surface area contributed by atoms with E-state index in [-0.39, 0.29) is 35.9 Å². The third-order valence-corrected chi connectivity index (χ3v) is 6.45. The summed E-state index contributed by atoms with van der Waals surface area (Å²) in [4.78, 5) is 19.0. The summed E-state index contributed by atoms with van der Waals surface area (Å²) in [6.45, 7) is 8.76. The molecular formula is C21H35IN4O3S. The second-order valence-corrected chi connectivity index (χ2v) is 9.52. The topological polar surface area (TPSA) is 90.9 Å². The highest BCUT2D eigenvalue weighted by atomic mass is 127. The molecule has 1 aromatic rings. The summed E-state index contributed by atoms with van der Waals surface area (Å²) in [5, 5.41) is 6.58. The first-order valence-corrected chi connectivity index (χ1v) is 12.3. The molecule has 0 bridgehead atoms. The summed E-state index contributed by atoms with van der Waals surface area (Å²) in [7, 11) is -3.21. The van der Waals surface area contributed by atoms with E-state index in [4.69, 9.17) is 0 Å². The molecule has 1 aromatic carbocycles. The summed E-state index contributed by atoms with van der Waals surface area (Å²) in [6.07, 6.45) is 4.69. The van der Waals surface area contributed by atoms with E-state index in [1.54, 1.807) is 13.0 Å². The van der Waals surface area contributed by atoms with Crippen LogP contribution in [-0.2, 0) is 21.2 Å². The third kappa shape index (κ3) is 7.72. The van der Waals surface area contributed by atoms with Crippen LogP contribution in [0.3, 0.4) is 0 Å². The van der Waals surface area contributed by atoms with Crippen LogP contribution in [0, 0.1) is 6.92 Å². The number of aryl methyl sites for hydroxylation is 1. The number of benzene rings is 1. The number of likely N-dealkylation sites (tertiary alicyclic amines) is 1. The lowest BCUT2D eigenvalue weighted by Crippen LogP contribution is -2.42. The van der Waals surface area contributed by atoms with Crippen molar-refractivity contribution in [2.75, 3.05) is 25.9 Å². The van der Waals surface area contributed by atoms with Gasteiger partial charge in [0.25, 0.3) is 0 Å². The van der Waals surface area contributed by atoms with E-state index in [1.807, 2.05) is 24.0 Å². The van der Waals surface area contributed by atoms with Gasteiger partial charge in [-0.15, -0.1) is 24.0 Å². The first-order valence-electron chi connectivity index (χ1n) is 10.4. The highest BCUT2D eigenvalue weighted by molar-refractivity contribution is 14.0. The van der Waals surface area contributed by atoms with Gasteiger partial charge >= 0.3 is 0 Å². The molecule has 0 saturated carbocycles. The van der Waals surface area contributed by atoms with Crippen LogP contribution in [0.15, 0.2) is 28.1 Å². The lowest BCUT2D eigenvalue weighted by molar-refractivity contribution is -0.129. The van der Waals surface area contributed by atoms with Crippen molar-refractivity contribution in [2.24, 2.45) is 4.99 Å². The van der Waals surface area contributed by atoms with Crippen molar-refractivity contribution in [1.29, 1.82) is 0 Å². The molecular weight excluding hydrogens is 515 g/mol. The number of carbonyl (C=O) groups excluding carboxylic acids is 1. The van der Waals surface area contributed by atoms with Gasteiger partial charge in [0, 0.05) is 38.4 Å². The number of nitrogens with one attached hydrogen (secondary N) is 2. The van der Waals surface area contributed by atoms with E-state index in [1.165, 1.54) is 6.26 Å². The molecule has 0 aromatic heterocycles. The quantitative estimate of drug-likeness (QED) is 0.281. The third-order valence-electron chi connectivity index (χ3n) is 5.19. The summed E-state index contributed by atoms with van der Waals surface area (Å²) in [5.74, 6) is 0.991. The maximum atomic E-state index is 12.0. The number of guanidine groups is 1. The van der Waals surface area contributed by atoms with Crippen LogP contribution in [0.5, 0.6) is 0 Å². The fourth-order valence-corrected chi connectivity index (χ4v) is 4.69. The molecule has 2 rings (SSSR count). The van der Waals surface area contributed by atoms with Gasteiger partial charge in [-0.05, 0) is 50.3 Å². The maximum absolute atomic E-state index is 12.0. The molecule has 30 heavy (non-hydrogen) atoms. The van der Waals surface area contributed by atoms with Crippen molar-refractivity contribution in [3.05, 3.63) is 29.3 Å². The average molecular weight is 551 g/mol. The van der Waals surface area contributed by atoms with E-state index < -0.39 is 9.84 Å². The second kappa shape index (κ2) is 12.5. The van der Waals surface area contributed by atoms with E-state index in [9.17, 15) is 13.2 Å². The molecule has 1 amide bonds. The van der Waals surface area contributed by atoms with Crippen molar-refractivity contribution in [3.8, 4) is 0 Å². The van der Waals surface area contributed by atoms with E-state index in [0.717, 1.165) is 56.0 Å². The number of amides is 1. The number of carbonyl (C=O) groups is 1. The number of nitrogens with zero attached hydrogens (tertiary/aromatic N) is 2. The number of hydrogen-bond donors (Lipinski definition) is 2. The predicted octanol–water partition coefficient (Wildman–Crippen LogP) is 2.86. The Morgan fingerprint density at radius 1 is 1.27 bits per heavy atom. The summed E-state index contributed by atoms with van der Waals surface area (Å²) < 4.78 is 23.5. The molecule has 1 aliphatic rings. The SMILES string of the molecule is CCNC(=NCc1ccc(S(C)(=O)=O)c(C)c1)NCCC(CC)N1CCCC1=O.I. The van der Waals surface area contributed by atoms with E-state index in [0.29, 0.717) is 17.9 Å². The van der Waals surface area contributed by atoms with E-state index in [2.05, 4.69) is 22.5 Å². The molecule has 0 spiro atoms. The van der Waals surface area contributed by atoms with Gasteiger partial charge in [-0.2, -0.15) is 0 Å². The van der Waals surface area contributed by atoms with Crippen molar-refractivity contribution in [1.82, 2.24) is 15.5 Å². The monoisotopic (exact) mass is 550 g/mol. The molecule has 170 valence electrons. The Balaban J connectivity index is 0.00000450. The molecule has 0 radical (unpaired) electrons. The first kappa shape index (κ1) is 26.7. The van der Waals surface area contributed by atoms with Crippen LogP contribution in [0.4, 0.5) is 0 Å². The van der Waals surface area contributed by atoms with Crippen LogP contribution in [0.25, 0.3) is 0 Å². The molecule has 7 nitrogen and oxygen atoms in total. The predicted molar refractivity (Wildman–Crippen MR) is 132 cm³/mol. The van der Waals surface area contributed by atoms with Gasteiger partial charge < -0.3 is 15.5 Å². The standard InChI is InChI=1S/C21H34N4O3S.HI/c1-5-18(25-13-7-8-20(25)26)11-12-23-21(22-6-2)24-15-17-9-10-19(16(3)14-17)29(4,27)28;/h9-10,14,18H,5-8,11-13,15H2,1-4H3,(H2,22,23,24);1H. The fraction of sp³-hybridized carbons (Fsp3) is 0.619. The Morgan fingerprint density at radius 2 is 2.00 bits per heavy atom. The van der Waals surface area contributed by atoms with Crippen LogP contribution in [0.1, 0.15) is 50.7 Å². The Labute approximate surface area is 198 Å². The molecule has 2 N–H and O–H groups in total. The minimum atomic E-state index is -3.21. The molecule has 9 heteroatoms. The Morgan fingerprint density at radius 3 is 2.53 bits per heavy atom. The molecule has 1 saturated heterocycles. The molecule has 1 atom stereocenters. The molecule has 1 unspecified atom stereocenters. The van der Waals surface area contributed by atoms with Crippen LogP contribution in [0.2, 0.25) is 0 Å². The van der Waals surface area contributed by atoms with Crippen LogP contribution in [-0.4, -0.2) is 57.1 Å². The number of halogens is 1. The summed E-state index contributed by atoms with van der Waals surface area (Å²) >= 11 is 0. The van der Waals surface area contributed by atoms with Gasteiger partial charge in [0.1, 0.15) is 0 Å². The molecule has 0 aliphatic carbocycles. The smallest absolute Gasteiger partial charge is 0.222 e. The van der Waals surface area contributed by atoms with Gasteiger partial charge in [0.2, 0.25) is 5.91 Å². The Kier molecular flexibility index (Phi) is 11.1. The van der Waals surface area contributed by atoms with Crippen molar-refractivity contribution < 1.29 is 13.2 Å².